The predicted molar refractivity (Wildman–Crippen MR) is 71.4 cm³/mol. The van der Waals surface area contributed by atoms with Crippen molar-refractivity contribution in [2.75, 3.05) is 7.11 Å². The van der Waals surface area contributed by atoms with Gasteiger partial charge in [-0.1, -0.05) is 40.9 Å². The molecule has 0 amide bonds. The molecule has 0 fully saturated rings. The number of halogens is 2. The lowest BCUT2D eigenvalue weighted by Crippen LogP contribution is -2.30. The second kappa shape index (κ2) is 5.57. The zero-order valence-corrected chi connectivity index (χ0v) is 12.1. The molecule has 0 aromatic heterocycles. The van der Waals surface area contributed by atoms with Crippen LogP contribution in [0.1, 0.15) is 31.4 Å². The number of nitrogens with one attached hydrogen (secondary N) is 1. The quantitative estimate of drug-likeness (QED) is 0.855. The van der Waals surface area contributed by atoms with Gasteiger partial charge >= 0.3 is 0 Å². The number of benzene rings is 1. The smallest absolute Gasteiger partial charge is 0.144 e. The van der Waals surface area contributed by atoms with Gasteiger partial charge in [0.15, 0.2) is 0 Å². The summed E-state index contributed by atoms with van der Waals surface area (Å²) in [6.45, 7) is 2.13. The van der Waals surface area contributed by atoms with Gasteiger partial charge in [0.1, 0.15) is 11.9 Å². The molecule has 3 nitrogen and oxygen atoms in total. The van der Waals surface area contributed by atoms with Crippen molar-refractivity contribution in [2.45, 2.75) is 31.9 Å². The number of hydrogen-bond acceptors (Lipinski definition) is 3. The van der Waals surface area contributed by atoms with Gasteiger partial charge in [0.25, 0.3) is 0 Å². The molecule has 94 valence electrons. The van der Waals surface area contributed by atoms with Crippen LogP contribution in [0.2, 0.25) is 5.02 Å². The molecule has 5 heteroatoms. The first-order valence-electron chi connectivity index (χ1n) is 5.62. The summed E-state index contributed by atoms with van der Waals surface area (Å²) < 4.78 is 6.91. The van der Waals surface area contributed by atoms with Crippen molar-refractivity contribution in [3.05, 3.63) is 27.2 Å². The lowest BCUT2D eigenvalue weighted by Gasteiger charge is -2.18. The molecular formula is C12H15BrClNO2. The van der Waals surface area contributed by atoms with E-state index < -0.39 is 0 Å². The van der Waals surface area contributed by atoms with E-state index in [-0.39, 0.29) is 12.1 Å². The zero-order chi connectivity index (χ0) is 12.4. The average molecular weight is 321 g/mol. The highest BCUT2D eigenvalue weighted by Crippen LogP contribution is 2.46. The Kier molecular flexibility index (Phi) is 4.31. The summed E-state index contributed by atoms with van der Waals surface area (Å²) in [7, 11) is 1.61. The van der Waals surface area contributed by atoms with Crippen LogP contribution in [-0.4, -0.2) is 13.2 Å². The van der Waals surface area contributed by atoms with Crippen LogP contribution in [0, 0.1) is 0 Å². The van der Waals surface area contributed by atoms with E-state index in [2.05, 4.69) is 28.3 Å². The van der Waals surface area contributed by atoms with Crippen molar-refractivity contribution in [2.24, 2.45) is 0 Å². The predicted octanol–water partition coefficient (Wildman–Crippen LogP) is 3.86. The normalized spacial score (nSPS) is 22.4. The molecule has 2 unspecified atom stereocenters. The SMILES string of the molecule is CCCC1Oc2c(Cl)ccc(Br)c2C1NOC. The third-order valence-electron chi connectivity index (χ3n) is 2.86. The number of hydroxylamine groups is 1. The summed E-state index contributed by atoms with van der Waals surface area (Å²) in [6.07, 6.45) is 2.07. The molecule has 1 aliphatic heterocycles. The highest BCUT2D eigenvalue weighted by atomic mass is 79.9. The molecule has 17 heavy (non-hydrogen) atoms. The average Bonchev–Trinajstić information content (AvgIpc) is 2.66. The van der Waals surface area contributed by atoms with Gasteiger partial charge < -0.3 is 9.57 Å². The van der Waals surface area contributed by atoms with Gasteiger partial charge in [0, 0.05) is 10.0 Å². The van der Waals surface area contributed by atoms with E-state index in [1.807, 2.05) is 12.1 Å². The number of fused-ring (bicyclic) bond motifs is 1. The molecular weight excluding hydrogens is 305 g/mol. The third kappa shape index (κ3) is 2.45. The van der Waals surface area contributed by atoms with E-state index in [1.54, 1.807) is 7.11 Å². The Balaban J connectivity index is 2.39. The Morgan fingerprint density at radius 2 is 2.29 bits per heavy atom. The first kappa shape index (κ1) is 13.1. The molecule has 1 aromatic carbocycles. The van der Waals surface area contributed by atoms with Gasteiger partial charge in [0.05, 0.1) is 18.2 Å². The standard InChI is InChI=1S/C12H15BrClNO2/c1-3-4-9-11(15-16-2)10-7(13)5-6-8(14)12(10)17-9/h5-6,9,11,15H,3-4H2,1-2H3. The van der Waals surface area contributed by atoms with Crippen LogP contribution >= 0.6 is 27.5 Å². The fourth-order valence-corrected chi connectivity index (χ4v) is 2.90. The van der Waals surface area contributed by atoms with Crippen LogP contribution in [0.15, 0.2) is 16.6 Å². The van der Waals surface area contributed by atoms with Crippen LogP contribution in [0.4, 0.5) is 0 Å². The van der Waals surface area contributed by atoms with Crippen molar-refractivity contribution < 1.29 is 9.57 Å². The zero-order valence-electron chi connectivity index (χ0n) is 9.80. The Morgan fingerprint density at radius 3 is 2.94 bits per heavy atom. The molecule has 0 saturated carbocycles. The van der Waals surface area contributed by atoms with Gasteiger partial charge in [-0.2, -0.15) is 5.48 Å². The highest BCUT2D eigenvalue weighted by molar-refractivity contribution is 9.10. The molecule has 2 atom stereocenters. The summed E-state index contributed by atoms with van der Waals surface area (Å²) in [5.41, 5.74) is 4.03. The Morgan fingerprint density at radius 1 is 1.53 bits per heavy atom. The van der Waals surface area contributed by atoms with Crippen molar-refractivity contribution in [3.8, 4) is 5.75 Å². The minimum atomic E-state index is 0.0167. The summed E-state index contributed by atoms with van der Waals surface area (Å²) >= 11 is 9.69. The van der Waals surface area contributed by atoms with Gasteiger partial charge in [-0.25, -0.2) is 0 Å². The summed E-state index contributed by atoms with van der Waals surface area (Å²) in [6, 6.07) is 3.79. The van der Waals surface area contributed by atoms with E-state index in [1.165, 1.54) is 0 Å². The van der Waals surface area contributed by atoms with Crippen LogP contribution in [-0.2, 0) is 4.84 Å². The van der Waals surface area contributed by atoms with Crippen LogP contribution < -0.4 is 10.2 Å². The Hall–Kier alpha value is -0.290. The molecule has 0 aliphatic carbocycles. The highest BCUT2D eigenvalue weighted by Gasteiger charge is 2.37. The molecule has 0 radical (unpaired) electrons. The van der Waals surface area contributed by atoms with Crippen LogP contribution in [0.25, 0.3) is 0 Å². The van der Waals surface area contributed by atoms with E-state index in [4.69, 9.17) is 21.2 Å². The lowest BCUT2D eigenvalue weighted by atomic mass is 10.0. The Bertz CT molecular complexity index is 414. The molecule has 2 rings (SSSR count). The van der Waals surface area contributed by atoms with E-state index in [0.29, 0.717) is 5.02 Å². The fraction of sp³-hybridized carbons (Fsp3) is 0.500. The number of ether oxygens (including phenoxy) is 1. The van der Waals surface area contributed by atoms with Crippen molar-refractivity contribution >= 4 is 27.5 Å². The van der Waals surface area contributed by atoms with Crippen LogP contribution in [0.3, 0.4) is 0 Å². The van der Waals surface area contributed by atoms with Gasteiger partial charge in [0.2, 0.25) is 0 Å². The number of hydrogen-bond donors (Lipinski definition) is 1. The first-order valence-corrected chi connectivity index (χ1v) is 6.79. The monoisotopic (exact) mass is 319 g/mol. The Labute approximate surface area is 115 Å². The van der Waals surface area contributed by atoms with E-state index in [0.717, 1.165) is 28.6 Å². The maximum Gasteiger partial charge on any atom is 0.144 e. The summed E-state index contributed by atoms with van der Waals surface area (Å²) in [5, 5.41) is 0.643. The molecule has 0 spiro atoms. The third-order valence-corrected chi connectivity index (χ3v) is 3.85. The lowest BCUT2D eigenvalue weighted by molar-refractivity contribution is 0.0268. The molecule has 0 bridgehead atoms. The van der Waals surface area contributed by atoms with Crippen LogP contribution in [0.5, 0.6) is 5.75 Å². The maximum atomic E-state index is 6.16. The second-order valence-corrected chi connectivity index (χ2v) is 5.28. The van der Waals surface area contributed by atoms with E-state index in [9.17, 15) is 0 Å². The van der Waals surface area contributed by atoms with Crippen molar-refractivity contribution in [3.63, 3.8) is 0 Å². The molecule has 1 N–H and O–H groups in total. The fourth-order valence-electron chi connectivity index (χ4n) is 2.14. The van der Waals surface area contributed by atoms with Gasteiger partial charge in [-0.05, 0) is 18.6 Å². The largest absolute Gasteiger partial charge is 0.486 e. The number of rotatable bonds is 4. The van der Waals surface area contributed by atoms with E-state index >= 15 is 0 Å². The van der Waals surface area contributed by atoms with Gasteiger partial charge in [-0.15, -0.1) is 0 Å². The molecule has 1 aliphatic rings. The first-order chi connectivity index (χ1) is 8.19. The van der Waals surface area contributed by atoms with Crippen molar-refractivity contribution in [1.29, 1.82) is 0 Å². The molecule has 1 aromatic rings. The maximum absolute atomic E-state index is 6.16. The summed E-state index contributed by atoms with van der Waals surface area (Å²) in [5.74, 6) is 0.758. The summed E-state index contributed by atoms with van der Waals surface area (Å²) in [4.78, 5) is 5.06. The minimum Gasteiger partial charge on any atom is -0.486 e. The van der Waals surface area contributed by atoms with Gasteiger partial charge in [-0.3, -0.25) is 0 Å². The molecule has 1 heterocycles. The second-order valence-electron chi connectivity index (χ2n) is 4.02. The molecule has 0 saturated heterocycles. The van der Waals surface area contributed by atoms with Crippen molar-refractivity contribution in [1.82, 2.24) is 5.48 Å². The topological polar surface area (TPSA) is 30.5 Å². The minimum absolute atomic E-state index is 0.0167.